The van der Waals surface area contributed by atoms with E-state index < -0.39 is 10.0 Å². The molecule has 0 unspecified atom stereocenters. The van der Waals surface area contributed by atoms with Gasteiger partial charge in [0.1, 0.15) is 6.33 Å². The Kier molecular flexibility index (Phi) is 4.07. The third-order valence-electron chi connectivity index (χ3n) is 3.19. The molecule has 114 valence electrons. The maximum absolute atomic E-state index is 12.4. The van der Waals surface area contributed by atoms with Crippen molar-refractivity contribution in [1.82, 2.24) is 24.8 Å². The summed E-state index contributed by atoms with van der Waals surface area (Å²) in [5.41, 5.74) is 0. The number of hydrogen-bond acceptors (Lipinski definition) is 6. The molecule has 1 aliphatic carbocycles. The van der Waals surface area contributed by atoms with Gasteiger partial charge in [-0.15, -0.1) is 11.3 Å². The average molecular weight is 327 g/mol. The first-order valence-corrected chi connectivity index (χ1v) is 9.05. The van der Waals surface area contributed by atoms with Crippen LogP contribution in [0, 0.1) is 0 Å². The summed E-state index contributed by atoms with van der Waals surface area (Å²) in [6.07, 6.45) is 3.90. The maximum atomic E-state index is 12.4. The van der Waals surface area contributed by atoms with E-state index in [9.17, 15) is 8.42 Å². The largest absolute Gasteiger partial charge is 0.309 e. The molecule has 0 radical (unpaired) electrons. The van der Waals surface area contributed by atoms with Crippen LogP contribution >= 0.6 is 11.3 Å². The fraction of sp³-hybridized carbons (Fsp3) is 0.500. The Hall–Kier alpha value is -1.29. The summed E-state index contributed by atoms with van der Waals surface area (Å²) in [7, 11) is -1.79. The monoisotopic (exact) mass is 327 g/mol. The fourth-order valence-electron chi connectivity index (χ4n) is 1.92. The van der Waals surface area contributed by atoms with Crippen molar-refractivity contribution in [2.75, 3.05) is 0 Å². The third-order valence-corrected chi connectivity index (χ3v) is 5.73. The van der Waals surface area contributed by atoms with Crippen LogP contribution in [-0.4, -0.2) is 29.2 Å². The minimum Gasteiger partial charge on any atom is -0.309 e. The lowest BCUT2D eigenvalue weighted by Crippen LogP contribution is -2.25. The predicted octanol–water partition coefficient (Wildman–Crippen LogP) is 0.607. The van der Waals surface area contributed by atoms with Crippen molar-refractivity contribution in [2.45, 2.75) is 36.9 Å². The van der Waals surface area contributed by atoms with Crippen molar-refractivity contribution in [3.05, 3.63) is 28.5 Å². The lowest BCUT2D eigenvalue weighted by molar-refractivity contribution is 0.576. The molecule has 9 heteroatoms. The second-order valence-corrected chi connectivity index (χ2v) is 7.76. The number of thiophene rings is 1. The Balaban J connectivity index is 1.67. The number of nitrogens with zero attached hydrogens (tertiary/aromatic N) is 3. The van der Waals surface area contributed by atoms with E-state index in [1.54, 1.807) is 29.5 Å². The highest BCUT2D eigenvalue weighted by atomic mass is 32.2. The number of hydrogen-bond donors (Lipinski definition) is 2. The molecule has 0 bridgehead atoms. The SMILES string of the molecule is Cn1cnc(CNS(=O)(=O)c2ccsc2CNC2CC2)n1. The lowest BCUT2D eigenvalue weighted by Gasteiger charge is -2.07. The Labute approximate surface area is 127 Å². The lowest BCUT2D eigenvalue weighted by atomic mass is 10.4. The zero-order valence-electron chi connectivity index (χ0n) is 11.6. The molecule has 0 spiro atoms. The van der Waals surface area contributed by atoms with Crippen LogP contribution in [0.3, 0.4) is 0 Å². The molecular weight excluding hydrogens is 310 g/mol. The van der Waals surface area contributed by atoms with Gasteiger partial charge in [0.25, 0.3) is 0 Å². The molecule has 7 nitrogen and oxygen atoms in total. The summed E-state index contributed by atoms with van der Waals surface area (Å²) in [5, 5.41) is 9.20. The Bertz CT molecular complexity index is 718. The van der Waals surface area contributed by atoms with E-state index in [4.69, 9.17) is 0 Å². The molecule has 2 aromatic rings. The average Bonchev–Trinajstić information content (AvgIpc) is 2.97. The van der Waals surface area contributed by atoms with Crippen LogP contribution < -0.4 is 10.0 Å². The highest BCUT2D eigenvalue weighted by molar-refractivity contribution is 7.89. The third kappa shape index (κ3) is 3.67. The number of nitrogens with one attached hydrogen (secondary N) is 2. The zero-order chi connectivity index (χ0) is 14.9. The van der Waals surface area contributed by atoms with Crippen LogP contribution in [0.15, 0.2) is 22.7 Å². The van der Waals surface area contributed by atoms with Crippen molar-refractivity contribution in [1.29, 1.82) is 0 Å². The summed E-state index contributed by atoms with van der Waals surface area (Å²) in [5.74, 6) is 0.453. The molecule has 2 aromatic heterocycles. The van der Waals surface area contributed by atoms with E-state index in [0.717, 1.165) is 4.88 Å². The van der Waals surface area contributed by atoms with Gasteiger partial charge in [0.2, 0.25) is 10.0 Å². The molecule has 1 fully saturated rings. The molecule has 2 heterocycles. The van der Waals surface area contributed by atoms with Crippen LogP contribution in [0.4, 0.5) is 0 Å². The van der Waals surface area contributed by atoms with E-state index in [-0.39, 0.29) is 6.54 Å². The standard InChI is InChI=1S/C12H17N5O2S2/c1-17-8-14-12(16-17)7-15-21(18,19)11-4-5-20-10(11)6-13-9-2-3-9/h4-5,8-9,13,15H,2-3,6-7H2,1H3. The predicted molar refractivity (Wildman–Crippen MR) is 79.2 cm³/mol. The van der Waals surface area contributed by atoms with E-state index in [2.05, 4.69) is 20.1 Å². The van der Waals surface area contributed by atoms with Crippen molar-refractivity contribution in [3.8, 4) is 0 Å². The Morgan fingerprint density at radius 1 is 1.43 bits per heavy atom. The molecule has 1 saturated carbocycles. The molecule has 0 saturated heterocycles. The van der Waals surface area contributed by atoms with Gasteiger partial charge in [-0.1, -0.05) is 0 Å². The van der Waals surface area contributed by atoms with E-state index in [1.807, 2.05) is 0 Å². The topological polar surface area (TPSA) is 88.9 Å². The van der Waals surface area contributed by atoms with Crippen LogP contribution in [0.25, 0.3) is 0 Å². The van der Waals surface area contributed by atoms with Gasteiger partial charge in [-0.2, -0.15) is 5.10 Å². The molecule has 0 aromatic carbocycles. The quantitative estimate of drug-likeness (QED) is 0.778. The minimum atomic E-state index is -3.53. The molecule has 3 rings (SSSR count). The molecule has 0 atom stereocenters. The second kappa shape index (κ2) is 5.84. The summed E-state index contributed by atoms with van der Waals surface area (Å²) >= 11 is 1.45. The van der Waals surface area contributed by atoms with Crippen molar-refractivity contribution in [3.63, 3.8) is 0 Å². The molecule has 1 aliphatic rings. The van der Waals surface area contributed by atoms with E-state index in [0.29, 0.717) is 23.3 Å². The maximum Gasteiger partial charge on any atom is 0.242 e. The second-order valence-electron chi connectivity index (χ2n) is 5.02. The molecule has 0 amide bonds. The van der Waals surface area contributed by atoms with Gasteiger partial charge < -0.3 is 5.32 Å². The first kappa shape index (κ1) is 14.6. The number of aromatic nitrogens is 3. The zero-order valence-corrected chi connectivity index (χ0v) is 13.2. The minimum absolute atomic E-state index is 0.0918. The van der Waals surface area contributed by atoms with Crippen LogP contribution in [0.2, 0.25) is 0 Å². The first-order chi connectivity index (χ1) is 10.0. The van der Waals surface area contributed by atoms with E-state index >= 15 is 0 Å². The van der Waals surface area contributed by atoms with Gasteiger partial charge in [-0.3, -0.25) is 4.68 Å². The van der Waals surface area contributed by atoms with Crippen molar-refractivity contribution >= 4 is 21.4 Å². The van der Waals surface area contributed by atoms with Gasteiger partial charge in [0.15, 0.2) is 5.82 Å². The highest BCUT2D eigenvalue weighted by Gasteiger charge is 2.24. The van der Waals surface area contributed by atoms with Crippen LogP contribution in [-0.2, 0) is 30.2 Å². The van der Waals surface area contributed by atoms with Gasteiger partial charge in [-0.05, 0) is 24.3 Å². The highest BCUT2D eigenvalue weighted by Crippen LogP contribution is 2.24. The number of rotatable bonds is 7. The summed E-state index contributed by atoms with van der Waals surface area (Å²) < 4.78 is 28.8. The van der Waals surface area contributed by atoms with Crippen LogP contribution in [0.1, 0.15) is 23.5 Å². The molecule has 0 aliphatic heterocycles. The van der Waals surface area contributed by atoms with Gasteiger partial charge in [-0.25, -0.2) is 18.1 Å². The smallest absolute Gasteiger partial charge is 0.242 e. The van der Waals surface area contributed by atoms with Crippen molar-refractivity contribution < 1.29 is 8.42 Å². The van der Waals surface area contributed by atoms with E-state index in [1.165, 1.54) is 24.2 Å². The molecule has 21 heavy (non-hydrogen) atoms. The van der Waals surface area contributed by atoms with Gasteiger partial charge >= 0.3 is 0 Å². The number of sulfonamides is 1. The Morgan fingerprint density at radius 2 is 2.24 bits per heavy atom. The fourth-order valence-corrected chi connectivity index (χ4v) is 4.30. The van der Waals surface area contributed by atoms with Crippen LogP contribution in [0.5, 0.6) is 0 Å². The van der Waals surface area contributed by atoms with Gasteiger partial charge in [0, 0.05) is 24.5 Å². The Morgan fingerprint density at radius 3 is 2.90 bits per heavy atom. The van der Waals surface area contributed by atoms with Crippen molar-refractivity contribution in [2.24, 2.45) is 7.05 Å². The summed E-state index contributed by atoms with van der Waals surface area (Å²) in [6, 6.07) is 2.19. The normalized spacial score (nSPS) is 15.5. The molecule has 2 N–H and O–H groups in total. The van der Waals surface area contributed by atoms with Gasteiger partial charge in [0.05, 0.1) is 11.4 Å². The molecular formula is C12H17N5O2S2. The number of aryl methyl sites for hydroxylation is 1. The first-order valence-electron chi connectivity index (χ1n) is 6.68. The summed E-state index contributed by atoms with van der Waals surface area (Å²) in [6.45, 7) is 0.689. The summed E-state index contributed by atoms with van der Waals surface area (Å²) in [4.78, 5) is 5.19.